The Balaban J connectivity index is 2.07. The number of hydrogen-bond acceptors (Lipinski definition) is 3. The van der Waals surface area contributed by atoms with Crippen LogP contribution in [0.25, 0.3) is 0 Å². The second kappa shape index (κ2) is 7.36. The van der Waals surface area contributed by atoms with E-state index < -0.39 is 0 Å². The van der Waals surface area contributed by atoms with Crippen LogP contribution in [0.5, 0.6) is 0 Å². The fourth-order valence-electron chi connectivity index (χ4n) is 2.86. The van der Waals surface area contributed by atoms with Crippen LogP contribution in [-0.2, 0) is 0 Å². The third-order valence-electron chi connectivity index (χ3n) is 3.93. The molecule has 0 bridgehead atoms. The van der Waals surface area contributed by atoms with Crippen LogP contribution in [0, 0.1) is 5.82 Å². The number of nitrogens with two attached hydrogens (primary N) is 1. The Morgan fingerprint density at radius 2 is 2.00 bits per heavy atom. The molecule has 0 aromatic heterocycles. The Labute approximate surface area is 125 Å². The minimum absolute atomic E-state index is 0.0857. The Morgan fingerprint density at radius 1 is 1.30 bits per heavy atom. The van der Waals surface area contributed by atoms with Gasteiger partial charge in [-0.05, 0) is 31.2 Å². The van der Waals surface area contributed by atoms with E-state index in [0.29, 0.717) is 17.1 Å². The summed E-state index contributed by atoms with van der Waals surface area (Å²) >= 11 is 5.99. The number of halogens is 2. The molecule has 1 aliphatic rings. The van der Waals surface area contributed by atoms with Gasteiger partial charge in [0.2, 0.25) is 0 Å². The number of nitrogens with zero attached hydrogens (tertiary/aromatic N) is 2. The predicted molar refractivity (Wildman–Crippen MR) is 81.5 cm³/mol. The van der Waals surface area contributed by atoms with Crippen LogP contribution in [0.4, 0.5) is 4.39 Å². The highest BCUT2D eigenvalue weighted by Crippen LogP contribution is 2.26. The van der Waals surface area contributed by atoms with Crippen LogP contribution in [0.1, 0.15) is 24.9 Å². The van der Waals surface area contributed by atoms with E-state index in [0.717, 1.165) is 32.7 Å². The van der Waals surface area contributed by atoms with Gasteiger partial charge < -0.3 is 10.6 Å². The summed E-state index contributed by atoms with van der Waals surface area (Å²) in [7, 11) is 0. The monoisotopic (exact) mass is 299 g/mol. The standard InChI is InChI=1S/C15H23ClFN3/c1-2-5-19-6-8-20(9-7-19)15(11-18)13-10-12(16)3-4-14(13)17/h3-4,10,15H,2,5-9,11,18H2,1H3. The SMILES string of the molecule is CCCN1CCN(C(CN)c2cc(Cl)ccc2F)CC1. The molecule has 112 valence electrons. The summed E-state index contributed by atoms with van der Waals surface area (Å²) in [4.78, 5) is 4.71. The lowest BCUT2D eigenvalue weighted by molar-refractivity contribution is 0.0971. The third-order valence-corrected chi connectivity index (χ3v) is 4.16. The lowest BCUT2D eigenvalue weighted by Gasteiger charge is -2.39. The molecule has 20 heavy (non-hydrogen) atoms. The molecule has 1 heterocycles. The molecule has 1 aromatic carbocycles. The van der Waals surface area contributed by atoms with Gasteiger partial charge in [0.1, 0.15) is 5.82 Å². The molecule has 0 saturated carbocycles. The molecule has 1 aromatic rings. The molecule has 1 saturated heterocycles. The van der Waals surface area contributed by atoms with E-state index in [9.17, 15) is 4.39 Å². The van der Waals surface area contributed by atoms with Crippen molar-refractivity contribution in [1.29, 1.82) is 0 Å². The zero-order valence-corrected chi connectivity index (χ0v) is 12.7. The van der Waals surface area contributed by atoms with Crippen molar-refractivity contribution in [3.05, 3.63) is 34.6 Å². The van der Waals surface area contributed by atoms with Crippen molar-refractivity contribution in [3.63, 3.8) is 0 Å². The number of piperazine rings is 1. The molecule has 1 atom stereocenters. The van der Waals surface area contributed by atoms with Crippen LogP contribution < -0.4 is 5.73 Å². The molecule has 0 spiro atoms. The molecule has 2 rings (SSSR count). The molecule has 2 N–H and O–H groups in total. The van der Waals surface area contributed by atoms with Crippen molar-refractivity contribution in [2.45, 2.75) is 19.4 Å². The van der Waals surface area contributed by atoms with Gasteiger partial charge in [0.25, 0.3) is 0 Å². The number of hydrogen-bond donors (Lipinski definition) is 1. The first kappa shape index (κ1) is 15.7. The average Bonchev–Trinajstić information content (AvgIpc) is 2.45. The quantitative estimate of drug-likeness (QED) is 0.907. The van der Waals surface area contributed by atoms with Crippen molar-refractivity contribution >= 4 is 11.6 Å². The first-order chi connectivity index (χ1) is 9.65. The summed E-state index contributed by atoms with van der Waals surface area (Å²) in [6, 6.07) is 4.62. The summed E-state index contributed by atoms with van der Waals surface area (Å²) in [5.41, 5.74) is 6.50. The van der Waals surface area contributed by atoms with Gasteiger partial charge in [-0.25, -0.2) is 4.39 Å². The molecule has 1 unspecified atom stereocenters. The highest BCUT2D eigenvalue weighted by molar-refractivity contribution is 6.30. The van der Waals surface area contributed by atoms with Crippen LogP contribution in [0.3, 0.4) is 0 Å². The summed E-state index contributed by atoms with van der Waals surface area (Å²) < 4.78 is 14.0. The summed E-state index contributed by atoms with van der Waals surface area (Å²) in [5.74, 6) is -0.221. The van der Waals surface area contributed by atoms with Gasteiger partial charge in [0.05, 0.1) is 6.04 Å². The van der Waals surface area contributed by atoms with Crippen LogP contribution >= 0.6 is 11.6 Å². The normalized spacial score (nSPS) is 19.2. The molecule has 1 fully saturated rings. The maximum absolute atomic E-state index is 14.0. The highest BCUT2D eigenvalue weighted by atomic mass is 35.5. The molecule has 0 amide bonds. The van der Waals surface area contributed by atoms with Crippen LogP contribution in [-0.4, -0.2) is 49.1 Å². The van der Waals surface area contributed by atoms with Crippen molar-refractivity contribution in [1.82, 2.24) is 9.80 Å². The minimum atomic E-state index is -0.221. The highest BCUT2D eigenvalue weighted by Gasteiger charge is 2.25. The fourth-order valence-corrected chi connectivity index (χ4v) is 3.04. The number of rotatable bonds is 5. The summed E-state index contributed by atoms with van der Waals surface area (Å²) in [6.07, 6.45) is 1.17. The molecule has 3 nitrogen and oxygen atoms in total. The minimum Gasteiger partial charge on any atom is -0.329 e. The number of benzene rings is 1. The second-order valence-corrected chi connectivity index (χ2v) is 5.73. The van der Waals surface area contributed by atoms with Gasteiger partial charge in [-0.15, -0.1) is 0 Å². The van der Waals surface area contributed by atoms with Crippen molar-refractivity contribution in [2.24, 2.45) is 5.73 Å². The van der Waals surface area contributed by atoms with Gasteiger partial charge in [-0.3, -0.25) is 4.90 Å². The van der Waals surface area contributed by atoms with E-state index >= 15 is 0 Å². The summed E-state index contributed by atoms with van der Waals surface area (Å²) in [6.45, 7) is 7.62. The Bertz CT molecular complexity index is 433. The zero-order valence-electron chi connectivity index (χ0n) is 12.0. The third kappa shape index (κ3) is 3.70. The lowest BCUT2D eigenvalue weighted by atomic mass is 10.0. The Kier molecular flexibility index (Phi) is 5.78. The van der Waals surface area contributed by atoms with E-state index in [1.54, 1.807) is 12.1 Å². The van der Waals surface area contributed by atoms with Gasteiger partial charge >= 0.3 is 0 Å². The fraction of sp³-hybridized carbons (Fsp3) is 0.600. The zero-order chi connectivity index (χ0) is 14.5. The van der Waals surface area contributed by atoms with Crippen LogP contribution in [0.15, 0.2) is 18.2 Å². The average molecular weight is 300 g/mol. The molecule has 0 radical (unpaired) electrons. The van der Waals surface area contributed by atoms with Crippen LogP contribution in [0.2, 0.25) is 5.02 Å². The van der Waals surface area contributed by atoms with E-state index in [4.69, 9.17) is 17.3 Å². The maximum Gasteiger partial charge on any atom is 0.128 e. The Morgan fingerprint density at radius 3 is 2.60 bits per heavy atom. The lowest BCUT2D eigenvalue weighted by Crippen LogP contribution is -2.49. The van der Waals surface area contributed by atoms with Gasteiger partial charge in [-0.2, -0.15) is 0 Å². The van der Waals surface area contributed by atoms with E-state index in [2.05, 4.69) is 16.7 Å². The van der Waals surface area contributed by atoms with Gasteiger partial charge in [-0.1, -0.05) is 18.5 Å². The Hall–Kier alpha value is -0.680. The van der Waals surface area contributed by atoms with E-state index in [-0.39, 0.29) is 11.9 Å². The second-order valence-electron chi connectivity index (χ2n) is 5.29. The summed E-state index contributed by atoms with van der Waals surface area (Å²) in [5, 5.41) is 0.560. The topological polar surface area (TPSA) is 32.5 Å². The molecule has 0 aliphatic carbocycles. The molecule has 1 aliphatic heterocycles. The first-order valence-electron chi connectivity index (χ1n) is 7.27. The van der Waals surface area contributed by atoms with Gasteiger partial charge in [0.15, 0.2) is 0 Å². The largest absolute Gasteiger partial charge is 0.329 e. The molecule has 5 heteroatoms. The molecular formula is C15H23ClFN3. The molecular weight excluding hydrogens is 277 g/mol. The van der Waals surface area contributed by atoms with Gasteiger partial charge in [0, 0.05) is 43.3 Å². The van der Waals surface area contributed by atoms with Crippen molar-refractivity contribution < 1.29 is 4.39 Å². The predicted octanol–water partition coefficient (Wildman–Crippen LogP) is 2.51. The maximum atomic E-state index is 14.0. The first-order valence-corrected chi connectivity index (χ1v) is 7.65. The van der Waals surface area contributed by atoms with Crippen molar-refractivity contribution in [3.8, 4) is 0 Å². The smallest absolute Gasteiger partial charge is 0.128 e. The van der Waals surface area contributed by atoms with E-state index in [1.807, 2.05) is 0 Å². The van der Waals surface area contributed by atoms with E-state index in [1.165, 1.54) is 12.5 Å². The van der Waals surface area contributed by atoms with Crippen molar-refractivity contribution in [2.75, 3.05) is 39.3 Å².